The third kappa shape index (κ3) is 5.70. The first-order chi connectivity index (χ1) is 17.3. The van der Waals surface area contributed by atoms with E-state index < -0.39 is 35.1 Å². The van der Waals surface area contributed by atoms with Crippen LogP contribution in [0.25, 0.3) is 16.9 Å². The van der Waals surface area contributed by atoms with E-state index in [1.54, 1.807) is 13.0 Å². The second-order valence-electron chi connectivity index (χ2n) is 7.78. The second kappa shape index (κ2) is 9.55. The molecule has 0 radical (unpaired) electrons. The highest BCUT2D eigenvalue weighted by Gasteiger charge is 2.40. The van der Waals surface area contributed by atoms with Crippen molar-refractivity contribution in [3.63, 3.8) is 0 Å². The molecule has 0 aliphatic rings. The Balaban J connectivity index is 1.48. The van der Waals surface area contributed by atoms with Crippen LogP contribution >= 0.6 is 0 Å². The van der Waals surface area contributed by atoms with Gasteiger partial charge in [-0.25, -0.2) is 15.0 Å². The number of carbonyl (C=O) groups is 1. The molecule has 3 heterocycles. The highest BCUT2D eigenvalue weighted by atomic mass is 19.4. The molecule has 0 atom stereocenters. The zero-order valence-electron chi connectivity index (χ0n) is 18.9. The van der Waals surface area contributed by atoms with Gasteiger partial charge in [-0.2, -0.15) is 30.9 Å². The predicted octanol–water partition coefficient (Wildman–Crippen LogP) is 4.36. The minimum Gasteiger partial charge on any atom is -0.383 e. The Labute approximate surface area is 204 Å². The summed E-state index contributed by atoms with van der Waals surface area (Å²) in [4.78, 5) is 23.9. The third-order valence-corrected chi connectivity index (χ3v) is 5.08. The fourth-order valence-electron chi connectivity index (χ4n) is 3.37. The molecule has 0 fully saturated rings. The molecule has 0 saturated heterocycles. The fourth-order valence-corrected chi connectivity index (χ4v) is 3.37. The van der Waals surface area contributed by atoms with Crippen LogP contribution in [0.4, 0.5) is 43.9 Å². The topological polar surface area (TPSA) is 123 Å². The summed E-state index contributed by atoms with van der Waals surface area (Å²) in [6.07, 6.45) is -9.53. The number of carbonyl (C=O) groups excluding carboxylic acids is 1. The molecule has 9 nitrogen and oxygen atoms in total. The van der Waals surface area contributed by atoms with Gasteiger partial charge in [0.2, 0.25) is 5.95 Å². The number of nitrogen functional groups attached to an aromatic ring is 1. The Kier molecular flexibility index (Phi) is 6.62. The molecule has 0 spiro atoms. The number of ketones is 1. The molecular formula is C22H18F6N8O. The molecule has 0 unspecified atom stereocenters. The highest BCUT2D eigenvalue weighted by molar-refractivity contribution is 6.03. The molecule has 0 saturated carbocycles. The molecule has 0 aliphatic carbocycles. The number of hydrogen-bond donors (Lipinski definition) is 3. The quantitative estimate of drug-likeness (QED) is 0.185. The lowest BCUT2D eigenvalue weighted by Gasteiger charge is -2.12. The van der Waals surface area contributed by atoms with Gasteiger partial charge < -0.3 is 16.4 Å². The molecule has 4 aromatic rings. The van der Waals surface area contributed by atoms with Crippen molar-refractivity contribution in [2.24, 2.45) is 0 Å². The van der Waals surface area contributed by atoms with Crippen LogP contribution in [0, 0.1) is 6.92 Å². The fraction of sp³-hybridized carbons (Fsp3) is 0.227. The first-order valence-corrected chi connectivity index (χ1v) is 10.6. The summed E-state index contributed by atoms with van der Waals surface area (Å²) in [6, 6.07) is 8.24. The Morgan fingerprint density at radius 3 is 2.24 bits per heavy atom. The van der Waals surface area contributed by atoms with E-state index in [2.05, 4.69) is 30.7 Å². The second-order valence-corrected chi connectivity index (χ2v) is 7.78. The molecule has 4 N–H and O–H groups in total. The Hall–Kier alpha value is -4.43. The molecule has 194 valence electrons. The van der Waals surface area contributed by atoms with Crippen molar-refractivity contribution in [3.05, 3.63) is 59.4 Å². The van der Waals surface area contributed by atoms with Crippen LogP contribution < -0.4 is 16.4 Å². The van der Waals surface area contributed by atoms with Crippen LogP contribution in [0.3, 0.4) is 0 Å². The van der Waals surface area contributed by atoms with E-state index >= 15 is 0 Å². The summed E-state index contributed by atoms with van der Waals surface area (Å²) in [7, 11) is 0. The SMILES string of the molecule is Cc1nc2cc(-c3ccc(C(F)(F)F)cc3)nc(NCCNc3ccc(C(=O)C(F)(F)F)c(N)n3)n2n1. The number of anilines is 3. The van der Waals surface area contributed by atoms with Gasteiger partial charge in [0, 0.05) is 24.7 Å². The molecule has 0 amide bonds. The number of benzene rings is 1. The van der Waals surface area contributed by atoms with Crippen molar-refractivity contribution in [2.45, 2.75) is 19.3 Å². The number of hydrogen-bond acceptors (Lipinski definition) is 8. The van der Waals surface area contributed by atoms with Crippen molar-refractivity contribution in [1.29, 1.82) is 0 Å². The molecule has 0 bridgehead atoms. The van der Waals surface area contributed by atoms with Crippen LogP contribution in [0.15, 0.2) is 42.5 Å². The van der Waals surface area contributed by atoms with Gasteiger partial charge in [0.1, 0.15) is 17.5 Å². The van der Waals surface area contributed by atoms with E-state index in [9.17, 15) is 31.1 Å². The highest BCUT2D eigenvalue weighted by Crippen LogP contribution is 2.31. The Morgan fingerprint density at radius 2 is 1.62 bits per heavy atom. The van der Waals surface area contributed by atoms with Crippen molar-refractivity contribution in [1.82, 2.24) is 24.6 Å². The standard InChI is InChI=1S/C22H18F6N8O/c1-11-32-17-10-15(12-2-4-13(5-3-12)21(23,24)25)33-20(36(17)35-11)31-9-8-30-16-7-6-14(19(29)34-16)18(37)22(26,27)28/h2-7,10H,8-9H2,1H3,(H,31,33)(H3,29,30,34). The number of alkyl halides is 6. The van der Waals surface area contributed by atoms with Gasteiger partial charge in [0.15, 0.2) is 5.65 Å². The minimum absolute atomic E-state index is 0.145. The van der Waals surface area contributed by atoms with Gasteiger partial charge in [-0.3, -0.25) is 4.79 Å². The molecule has 37 heavy (non-hydrogen) atoms. The molecule has 4 rings (SSSR count). The van der Waals surface area contributed by atoms with Crippen molar-refractivity contribution < 1.29 is 31.1 Å². The van der Waals surface area contributed by atoms with Gasteiger partial charge in [-0.05, 0) is 31.2 Å². The summed E-state index contributed by atoms with van der Waals surface area (Å²) in [5.74, 6) is -1.80. The monoisotopic (exact) mass is 524 g/mol. The van der Waals surface area contributed by atoms with Crippen LogP contribution in [-0.2, 0) is 6.18 Å². The van der Waals surface area contributed by atoms with Crippen molar-refractivity contribution in [2.75, 3.05) is 29.5 Å². The Bertz CT molecular complexity index is 1450. The summed E-state index contributed by atoms with van der Waals surface area (Å²) in [5, 5.41) is 10.1. The summed E-state index contributed by atoms with van der Waals surface area (Å²) in [6.45, 7) is 2.10. The van der Waals surface area contributed by atoms with E-state index in [0.717, 1.165) is 18.2 Å². The van der Waals surface area contributed by atoms with Crippen LogP contribution in [0.2, 0.25) is 0 Å². The Morgan fingerprint density at radius 1 is 0.946 bits per heavy atom. The van der Waals surface area contributed by atoms with Crippen LogP contribution in [0.1, 0.15) is 21.7 Å². The van der Waals surface area contributed by atoms with Crippen LogP contribution in [0.5, 0.6) is 0 Å². The number of nitrogens with zero attached hydrogens (tertiary/aromatic N) is 5. The molecule has 0 aliphatic heterocycles. The number of fused-ring (bicyclic) bond motifs is 1. The maximum Gasteiger partial charge on any atom is 0.455 e. The number of Topliss-reactive ketones (excluding diaryl/α,β-unsaturated/α-hetero) is 1. The van der Waals surface area contributed by atoms with Gasteiger partial charge >= 0.3 is 12.4 Å². The molecule has 1 aromatic carbocycles. The zero-order valence-corrected chi connectivity index (χ0v) is 18.9. The third-order valence-electron chi connectivity index (χ3n) is 5.08. The van der Waals surface area contributed by atoms with Crippen molar-refractivity contribution >= 4 is 29.0 Å². The van der Waals surface area contributed by atoms with E-state index in [1.165, 1.54) is 22.7 Å². The van der Waals surface area contributed by atoms with Gasteiger partial charge in [-0.15, -0.1) is 5.10 Å². The summed E-state index contributed by atoms with van der Waals surface area (Å²) < 4.78 is 78.0. The number of aromatic nitrogens is 5. The lowest BCUT2D eigenvalue weighted by molar-refractivity contribution is -0.137. The van der Waals surface area contributed by atoms with Gasteiger partial charge in [0.05, 0.1) is 16.8 Å². The zero-order chi connectivity index (χ0) is 27.0. The van der Waals surface area contributed by atoms with Crippen molar-refractivity contribution in [3.8, 4) is 11.3 Å². The average Bonchev–Trinajstić information content (AvgIpc) is 3.20. The lowest BCUT2D eigenvalue weighted by atomic mass is 10.1. The van der Waals surface area contributed by atoms with E-state index in [-0.39, 0.29) is 24.9 Å². The number of nitrogens with one attached hydrogen (secondary N) is 2. The number of aryl methyl sites for hydroxylation is 1. The first-order valence-electron chi connectivity index (χ1n) is 10.6. The number of nitrogens with two attached hydrogens (primary N) is 1. The number of halogens is 6. The average molecular weight is 524 g/mol. The smallest absolute Gasteiger partial charge is 0.383 e. The number of pyridine rings is 1. The summed E-state index contributed by atoms with van der Waals surface area (Å²) >= 11 is 0. The number of rotatable bonds is 7. The minimum atomic E-state index is -5.07. The van der Waals surface area contributed by atoms with Gasteiger partial charge in [0.25, 0.3) is 5.78 Å². The maximum atomic E-state index is 12.9. The maximum absolute atomic E-state index is 12.9. The first kappa shape index (κ1) is 25.7. The lowest BCUT2D eigenvalue weighted by Crippen LogP contribution is -2.24. The van der Waals surface area contributed by atoms with E-state index in [0.29, 0.717) is 22.7 Å². The van der Waals surface area contributed by atoms with Crippen LogP contribution in [-0.4, -0.2) is 49.6 Å². The molecule has 15 heteroatoms. The van der Waals surface area contributed by atoms with Gasteiger partial charge in [-0.1, -0.05) is 12.1 Å². The largest absolute Gasteiger partial charge is 0.455 e. The molecule has 3 aromatic heterocycles. The molecular weight excluding hydrogens is 506 g/mol. The normalized spacial score (nSPS) is 12.1. The predicted molar refractivity (Wildman–Crippen MR) is 122 cm³/mol. The van der Waals surface area contributed by atoms with E-state index in [1.807, 2.05) is 0 Å². The summed E-state index contributed by atoms with van der Waals surface area (Å²) in [5.41, 5.74) is 5.19. The van der Waals surface area contributed by atoms with E-state index in [4.69, 9.17) is 5.73 Å².